The van der Waals surface area contributed by atoms with Crippen molar-refractivity contribution in [2.45, 2.75) is 11.9 Å². The minimum atomic E-state index is -4.43. The van der Waals surface area contributed by atoms with Crippen LogP contribution in [0.3, 0.4) is 0 Å². The summed E-state index contributed by atoms with van der Waals surface area (Å²) in [5.41, 5.74) is 0. The molecule has 0 fully saturated rings. The number of pyridine rings is 2. The molecule has 0 unspecified atom stereocenters. The lowest BCUT2D eigenvalue weighted by molar-refractivity contribution is -0.132. The zero-order chi connectivity index (χ0) is 20.0. The van der Waals surface area contributed by atoms with E-state index in [1.54, 1.807) is 4.72 Å². The second-order valence-corrected chi connectivity index (χ2v) is 6.49. The first-order valence-corrected chi connectivity index (χ1v) is 8.81. The molecule has 0 saturated heterocycles. The Balaban J connectivity index is 2.22. The third-order valence-electron chi connectivity index (χ3n) is 2.93. The van der Waals surface area contributed by atoms with Crippen molar-refractivity contribution in [2.75, 3.05) is 19.5 Å². The number of anilines is 1. The van der Waals surface area contributed by atoms with Crippen molar-refractivity contribution in [2.24, 2.45) is 0 Å². The van der Waals surface area contributed by atoms with Crippen LogP contribution in [0.1, 0.15) is 6.92 Å². The van der Waals surface area contributed by atoms with Crippen molar-refractivity contribution in [3.8, 4) is 17.4 Å². The largest absolute Gasteiger partial charge is 0.496 e. The van der Waals surface area contributed by atoms with E-state index in [-0.39, 0.29) is 17.4 Å². The van der Waals surface area contributed by atoms with Crippen LogP contribution in [0, 0.1) is 0 Å². The van der Waals surface area contributed by atoms with Gasteiger partial charge in [0.1, 0.15) is 11.6 Å². The Kier molecular flexibility index (Phi) is 6.13. The number of nitrogens with one attached hydrogen (secondary N) is 2. The fourth-order valence-corrected chi connectivity index (χ4v) is 2.86. The van der Waals surface area contributed by atoms with E-state index in [0.29, 0.717) is 5.75 Å². The molecular weight excluding hydrogens is 380 g/mol. The molecule has 0 aliphatic heterocycles. The zero-order valence-corrected chi connectivity index (χ0v) is 15.4. The monoisotopic (exact) mass is 396 g/mol. The Hall–Kier alpha value is -3.41. The number of aromatic nitrogens is 2. The average molecular weight is 396 g/mol. The maximum absolute atomic E-state index is 12.4. The van der Waals surface area contributed by atoms with Gasteiger partial charge in [0.2, 0.25) is 10.9 Å². The molecule has 2 N–H and O–H groups in total. The number of rotatable bonds is 6. The fraction of sp³-hybridized carbons (Fsp3) is 0.200. The molecule has 0 aliphatic rings. The summed E-state index contributed by atoms with van der Waals surface area (Å²) >= 11 is 0. The van der Waals surface area contributed by atoms with Gasteiger partial charge in [0.25, 0.3) is 10.0 Å². The van der Waals surface area contributed by atoms with Crippen molar-refractivity contribution < 1.29 is 32.2 Å². The highest BCUT2D eigenvalue weighted by Gasteiger charge is 2.25. The number of hydrogen-bond acceptors (Lipinski definition) is 9. The number of carbonyl (C=O) groups excluding carboxylic acids is 2. The molecule has 0 bridgehead atoms. The quantitative estimate of drug-likeness (QED) is 0.681. The molecule has 2 heterocycles. The van der Waals surface area contributed by atoms with Crippen LogP contribution >= 0.6 is 0 Å². The Bertz CT molecular complexity index is 940. The normalized spacial score (nSPS) is 10.6. The van der Waals surface area contributed by atoms with Crippen LogP contribution in [0.4, 0.5) is 10.6 Å². The molecule has 0 saturated carbocycles. The van der Waals surface area contributed by atoms with Crippen molar-refractivity contribution in [3.05, 3.63) is 30.5 Å². The number of urea groups is 1. The molecule has 144 valence electrons. The van der Waals surface area contributed by atoms with Gasteiger partial charge in [-0.25, -0.2) is 14.5 Å². The topological polar surface area (TPSA) is 146 Å². The van der Waals surface area contributed by atoms with E-state index in [0.717, 1.165) is 6.92 Å². The number of hydrogen-bond donors (Lipinski definition) is 2. The Morgan fingerprint density at radius 1 is 1.15 bits per heavy atom. The summed E-state index contributed by atoms with van der Waals surface area (Å²) in [7, 11) is -1.66. The van der Waals surface area contributed by atoms with Gasteiger partial charge in [-0.05, 0) is 12.1 Å². The first-order chi connectivity index (χ1) is 12.7. The van der Waals surface area contributed by atoms with Gasteiger partial charge in [-0.3, -0.25) is 10.1 Å². The fourth-order valence-electron chi connectivity index (χ4n) is 1.89. The summed E-state index contributed by atoms with van der Waals surface area (Å²) in [6.45, 7) is 1.10. The summed E-state index contributed by atoms with van der Waals surface area (Å²) in [5, 5.41) is 1.62. The standard InChI is InChI=1S/C15H16N4O7S/c1-9(20)26-11-5-4-6-16-14(11)27(22,23)19-15(21)18-12-7-10(24-2)8-13(17-12)25-3/h4-8H,1-3H3,(H2,17,18,19,21). The Morgan fingerprint density at radius 3 is 2.52 bits per heavy atom. The van der Waals surface area contributed by atoms with Crippen molar-refractivity contribution >= 4 is 27.8 Å². The lowest BCUT2D eigenvalue weighted by Gasteiger charge is -2.11. The van der Waals surface area contributed by atoms with Gasteiger partial charge < -0.3 is 14.2 Å². The number of sulfonamides is 1. The van der Waals surface area contributed by atoms with Gasteiger partial charge in [0.05, 0.1) is 14.2 Å². The first kappa shape index (κ1) is 19.9. The van der Waals surface area contributed by atoms with E-state index in [9.17, 15) is 18.0 Å². The number of ether oxygens (including phenoxy) is 3. The predicted molar refractivity (Wildman–Crippen MR) is 92.2 cm³/mol. The Morgan fingerprint density at radius 2 is 1.89 bits per heavy atom. The average Bonchev–Trinajstić information content (AvgIpc) is 2.60. The minimum absolute atomic E-state index is 0.0138. The maximum atomic E-state index is 12.4. The van der Waals surface area contributed by atoms with Crippen molar-refractivity contribution in [3.63, 3.8) is 0 Å². The third kappa shape index (κ3) is 5.28. The van der Waals surface area contributed by atoms with Gasteiger partial charge in [-0.15, -0.1) is 0 Å². The van der Waals surface area contributed by atoms with Gasteiger partial charge >= 0.3 is 12.0 Å². The molecule has 0 radical (unpaired) electrons. The van der Waals surface area contributed by atoms with Crippen LogP contribution in [0.2, 0.25) is 0 Å². The SMILES string of the molecule is COc1cc(NC(=O)NS(=O)(=O)c2ncccc2OC(C)=O)nc(OC)c1. The summed E-state index contributed by atoms with van der Waals surface area (Å²) in [6.07, 6.45) is 1.17. The second kappa shape index (κ2) is 8.31. The molecule has 27 heavy (non-hydrogen) atoms. The highest BCUT2D eigenvalue weighted by Crippen LogP contribution is 2.23. The van der Waals surface area contributed by atoms with Crippen LogP contribution in [-0.4, -0.2) is 44.6 Å². The van der Waals surface area contributed by atoms with Crippen LogP contribution < -0.4 is 24.2 Å². The van der Waals surface area contributed by atoms with Gasteiger partial charge in [0, 0.05) is 25.3 Å². The predicted octanol–water partition coefficient (Wildman–Crippen LogP) is 0.929. The van der Waals surface area contributed by atoms with E-state index < -0.39 is 27.0 Å². The van der Waals surface area contributed by atoms with E-state index in [1.165, 1.54) is 44.7 Å². The lowest BCUT2D eigenvalue weighted by atomic mass is 10.4. The van der Waals surface area contributed by atoms with Gasteiger partial charge in [0.15, 0.2) is 5.75 Å². The zero-order valence-electron chi connectivity index (χ0n) is 14.5. The molecule has 12 heteroatoms. The maximum Gasteiger partial charge on any atom is 0.334 e. The molecule has 0 aromatic carbocycles. The minimum Gasteiger partial charge on any atom is -0.496 e. The van der Waals surface area contributed by atoms with Crippen molar-refractivity contribution in [1.29, 1.82) is 0 Å². The van der Waals surface area contributed by atoms with E-state index in [4.69, 9.17) is 14.2 Å². The van der Waals surface area contributed by atoms with Gasteiger partial charge in [-0.1, -0.05) is 0 Å². The molecule has 0 atom stereocenters. The second-order valence-electron chi connectivity index (χ2n) is 4.89. The highest BCUT2D eigenvalue weighted by atomic mass is 32.2. The highest BCUT2D eigenvalue weighted by molar-refractivity contribution is 7.90. The molecule has 11 nitrogen and oxygen atoms in total. The molecule has 2 rings (SSSR count). The van der Waals surface area contributed by atoms with E-state index in [1.807, 2.05) is 0 Å². The smallest absolute Gasteiger partial charge is 0.334 e. The first-order valence-electron chi connectivity index (χ1n) is 7.32. The van der Waals surface area contributed by atoms with E-state index >= 15 is 0 Å². The molecule has 2 aromatic heterocycles. The number of amides is 2. The van der Waals surface area contributed by atoms with E-state index in [2.05, 4.69) is 15.3 Å². The van der Waals surface area contributed by atoms with Crippen LogP contribution in [0.5, 0.6) is 17.4 Å². The lowest BCUT2D eigenvalue weighted by Crippen LogP contribution is -2.35. The summed E-state index contributed by atoms with van der Waals surface area (Å²) in [4.78, 5) is 30.8. The summed E-state index contributed by atoms with van der Waals surface area (Å²) < 4.78 is 41.3. The van der Waals surface area contributed by atoms with Gasteiger partial charge in [-0.2, -0.15) is 13.4 Å². The molecule has 0 spiro atoms. The number of carbonyl (C=O) groups is 2. The molecule has 2 amide bonds. The molecule has 0 aliphatic carbocycles. The van der Waals surface area contributed by atoms with Crippen LogP contribution in [0.15, 0.2) is 35.5 Å². The van der Waals surface area contributed by atoms with Crippen LogP contribution in [-0.2, 0) is 14.8 Å². The van der Waals surface area contributed by atoms with Crippen LogP contribution in [0.25, 0.3) is 0 Å². The molecule has 2 aromatic rings. The van der Waals surface area contributed by atoms with Crippen molar-refractivity contribution in [1.82, 2.24) is 14.7 Å². The Labute approximate surface area is 154 Å². The third-order valence-corrected chi connectivity index (χ3v) is 4.20. The summed E-state index contributed by atoms with van der Waals surface area (Å²) in [6, 6.07) is 4.33. The number of nitrogens with zero attached hydrogens (tertiary/aromatic N) is 2. The number of methoxy groups -OCH3 is 2. The summed E-state index contributed by atoms with van der Waals surface area (Å²) in [5.74, 6) is -0.584. The number of esters is 1. The molecular formula is C15H16N4O7S.